The lowest BCUT2D eigenvalue weighted by Crippen LogP contribution is -2.39. The van der Waals surface area contributed by atoms with Gasteiger partial charge in [-0.05, 0) is 29.8 Å². The van der Waals surface area contributed by atoms with E-state index >= 15 is 0 Å². The quantitative estimate of drug-likeness (QED) is 0.719. The van der Waals surface area contributed by atoms with E-state index in [0.717, 1.165) is 28.1 Å². The van der Waals surface area contributed by atoms with Crippen molar-refractivity contribution in [1.82, 2.24) is 14.5 Å². The standard InChI is InChI=1S/C22H25N3O4/c1-22(2,15-8-9-18-19(12-15)29-11-10-28-18)14-23-20(26)13-25-17-7-5-4-6-16(17)24(3)21(25)27/h4-9,12H,10-11,13-14H2,1-3H3,(H,23,26). The fourth-order valence-corrected chi connectivity index (χ4v) is 3.60. The molecule has 152 valence electrons. The number of fused-ring (bicyclic) bond motifs is 2. The number of imidazole rings is 1. The number of para-hydroxylation sites is 2. The number of benzene rings is 2. The van der Waals surface area contributed by atoms with Gasteiger partial charge in [0.15, 0.2) is 11.5 Å². The first-order valence-corrected chi connectivity index (χ1v) is 9.68. The van der Waals surface area contributed by atoms with Crippen LogP contribution in [0.2, 0.25) is 0 Å². The Kier molecular flexibility index (Phi) is 4.82. The first-order chi connectivity index (χ1) is 13.9. The predicted molar refractivity (Wildman–Crippen MR) is 111 cm³/mol. The molecule has 0 spiro atoms. The molecule has 0 aliphatic carbocycles. The lowest BCUT2D eigenvalue weighted by Gasteiger charge is -2.28. The van der Waals surface area contributed by atoms with Crippen molar-refractivity contribution in [1.29, 1.82) is 0 Å². The number of rotatable bonds is 5. The minimum absolute atomic E-state index is 0.0165. The molecule has 3 aromatic rings. The van der Waals surface area contributed by atoms with Gasteiger partial charge in [-0.25, -0.2) is 4.79 Å². The highest BCUT2D eigenvalue weighted by atomic mass is 16.6. The van der Waals surface area contributed by atoms with Crippen LogP contribution in [0.15, 0.2) is 47.3 Å². The van der Waals surface area contributed by atoms with Crippen molar-refractivity contribution in [2.45, 2.75) is 25.8 Å². The number of aryl methyl sites for hydroxylation is 1. The van der Waals surface area contributed by atoms with E-state index < -0.39 is 0 Å². The van der Waals surface area contributed by atoms with Gasteiger partial charge in [0.25, 0.3) is 0 Å². The Bertz CT molecular complexity index is 1130. The molecule has 1 aliphatic heterocycles. The smallest absolute Gasteiger partial charge is 0.329 e. The molecular formula is C22H25N3O4. The number of nitrogens with zero attached hydrogens (tertiary/aromatic N) is 2. The topological polar surface area (TPSA) is 74.5 Å². The molecule has 2 aromatic carbocycles. The summed E-state index contributed by atoms with van der Waals surface area (Å²) in [6.07, 6.45) is 0. The second-order valence-electron chi connectivity index (χ2n) is 7.94. The number of ether oxygens (including phenoxy) is 2. The van der Waals surface area contributed by atoms with Crippen LogP contribution in [0.1, 0.15) is 19.4 Å². The zero-order chi connectivity index (χ0) is 20.6. The largest absolute Gasteiger partial charge is 0.486 e. The third-order valence-electron chi connectivity index (χ3n) is 5.40. The Balaban J connectivity index is 1.47. The van der Waals surface area contributed by atoms with E-state index in [0.29, 0.717) is 19.8 Å². The highest BCUT2D eigenvalue weighted by molar-refractivity contribution is 5.81. The van der Waals surface area contributed by atoms with E-state index in [1.165, 1.54) is 4.57 Å². The van der Waals surface area contributed by atoms with E-state index in [1.54, 1.807) is 11.6 Å². The van der Waals surface area contributed by atoms with Gasteiger partial charge in [-0.1, -0.05) is 32.0 Å². The number of hydrogen-bond acceptors (Lipinski definition) is 4. The van der Waals surface area contributed by atoms with E-state index in [1.807, 2.05) is 42.5 Å². The van der Waals surface area contributed by atoms with Gasteiger partial charge in [0.1, 0.15) is 19.8 Å². The number of amides is 1. The van der Waals surface area contributed by atoms with Gasteiger partial charge < -0.3 is 14.8 Å². The number of carbonyl (C=O) groups is 1. The third kappa shape index (κ3) is 3.60. The highest BCUT2D eigenvalue weighted by Crippen LogP contribution is 2.34. The fourth-order valence-electron chi connectivity index (χ4n) is 3.60. The summed E-state index contributed by atoms with van der Waals surface area (Å²) in [5.41, 5.74) is 2.09. The molecule has 7 nitrogen and oxygen atoms in total. The molecule has 7 heteroatoms. The number of nitrogens with one attached hydrogen (secondary N) is 1. The fraction of sp³-hybridized carbons (Fsp3) is 0.364. The molecule has 1 amide bonds. The maximum absolute atomic E-state index is 12.6. The summed E-state index contributed by atoms with van der Waals surface area (Å²) in [6, 6.07) is 13.3. The van der Waals surface area contributed by atoms with Crippen molar-refractivity contribution in [3.63, 3.8) is 0 Å². The molecule has 0 bridgehead atoms. The predicted octanol–water partition coefficient (Wildman–Crippen LogP) is 2.21. The Hall–Kier alpha value is -3.22. The molecule has 4 rings (SSSR count). The van der Waals surface area contributed by atoms with E-state index in [4.69, 9.17) is 9.47 Å². The molecule has 0 radical (unpaired) electrons. The Labute approximate surface area is 168 Å². The van der Waals surface area contributed by atoms with E-state index in [-0.39, 0.29) is 23.6 Å². The zero-order valence-corrected chi connectivity index (χ0v) is 16.9. The molecule has 1 aliphatic rings. The van der Waals surface area contributed by atoms with E-state index in [9.17, 15) is 9.59 Å². The molecule has 0 atom stereocenters. The van der Waals surface area contributed by atoms with Gasteiger partial charge in [0.2, 0.25) is 5.91 Å². The zero-order valence-electron chi connectivity index (χ0n) is 16.9. The second-order valence-corrected chi connectivity index (χ2v) is 7.94. The normalized spacial score (nSPS) is 13.5. The van der Waals surface area contributed by atoms with Crippen LogP contribution < -0.4 is 20.5 Å². The lowest BCUT2D eigenvalue weighted by molar-refractivity contribution is -0.121. The first kappa shape index (κ1) is 19.1. The summed E-state index contributed by atoms with van der Waals surface area (Å²) in [6.45, 7) is 5.63. The van der Waals surface area contributed by atoms with Crippen molar-refractivity contribution >= 4 is 16.9 Å². The maximum Gasteiger partial charge on any atom is 0.329 e. The van der Waals surface area contributed by atoms with Crippen LogP contribution in [-0.2, 0) is 23.8 Å². The summed E-state index contributed by atoms with van der Waals surface area (Å²) >= 11 is 0. The molecule has 1 N–H and O–H groups in total. The Morgan fingerprint density at radius 2 is 1.76 bits per heavy atom. The average Bonchev–Trinajstić information content (AvgIpc) is 2.97. The van der Waals surface area contributed by atoms with Crippen LogP contribution in [0.5, 0.6) is 11.5 Å². The lowest BCUT2D eigenvalue weighted by atomic mass is 9.84. The Morgan fingerprint density at radius 3 is 2.52 bits per heavy atom. The molecule has 29 heavy (non-hydrogen) atoms. The van der Waals surface area contributed by atoms with Gasteiger partial charge >= 0.3 is 5.69 Å². The van der Waals surface area contributed by atoms with Crippen molar-refractivity contribution < 1.29 is 14.3 Å². The van der Waals surface area contributed by atoms with Crippen molar-refractivity contribution in [3.05, 3.63) is 58.5 Å². The summed E-state index contributed by atoms with van der Waals surface area (Å²) < 4.78 is 14.3. The van der Waals surface area contributed by atoms with Gasteiger partial charge in [-0.3, -0.25) is 13.9 Å². The maximum atomic E-state index is 12.6. The Morgan fingerprint density at radius 1 is 1.07 bits per heavy atom. The van der Waals surface area contributed by atoms with Crippen LogP contribution in [0.3, 0.4) is 0 Å². The molecule has 2 heterocycles. The number of carbonyl (C=O) groups excluding carboxylic acids is 1. The SMILES string of the molecule is Cn1c(=O)n(CC(=O)NCC(C)(C)c2ccc3c(c2)OCCO3)c2ccccc21. The summed E-state index contributed by atoms with van der Waals surface area (Å²) in [5, 5.41) is 2.97. The van der Waals surface area contributed by atoms with Crippen LogP contribution >= 0.6 is 0 Å². The number of aromatic nitrogens is 2. The van der Waals surface area contributed by atoms with Crippen LogP contribution in [0.4, 0.5) is 0 Å². The van der Waals surface area contributed by atoms with Crippen molar-refractivity contribution in [3.8, 4) is 11.5 Å². The number of hydrogen-bond donors (Lipinski definition) is 1. The van der Waals surface area contributed by atoms with Crippen LogP contribution in [0, 0.1) is 0 Å². The van der Waals surface area contributed by atoms with Gasteiger partial charge in [0, 0.05) is 19.0 Å². The van der Waals surface area contributed by atoms with E-state index in [2.05, 4.69) is 19.2 Å². The minimum Gasteiger partial charge on any atom is -0.486 e. The molecule has 0 saturated carbocycles. The first-order valence-electron chi connectivity index (χ1n) is 9.68. The van der Waals surface area contributed by atoms with Crippen molar-refractivity contribution in [2.75, 3.05) is 19.8 Å². The summed E-state index contributed by atoms with van der Waals surface area (Å²) in [4.78, 5) is 25.1. The van der Waals surface area contributed by atoms with Gasteiger partial charge in [-0.2, -0.15) is 0 Å². The molecule has 0 saturated heterocycles. The van der Waals surface area contributed by atoms with Crippen LogP contribution in [0.25, 0.3) is 11.0 Å². The summed E-state index contributed by atoms with van der Waals surface area (Å²) in [5.74, 6) is 1.28. The van der Waals surface area contributed by atoms with Crippen molar-refractivity contribution in [2.24, 2.45) is 7.05 Å². The monoisotopic (exact) mass is 395 g/mol. The minimum atomic E-state index is -0.310. The van der Waals surface area contributed by atoms with Crippen LogP contribution in [-0.4, -0.2) is 34.8 Å². The molecule has 1 aromatic heterocycles. The van der Waals surface area contributed by atoms with Gasteiger partial charge in [0.05, 0.1) is 11.0 Å². The molecule has 0 fully saturated rings. The average molecular weight is 395 g/mol. The molecule has 0 unspecified atom stereocenters. The summed E-state index contributed by atoms with van der Waals surface area (Å²) in [7, 11) is 1.71. The third-order valence-corrected chi connectivity index (χ3v) is 5.40. The molecular weight excluding hydrogens is 370 g/mol. The van der Waals surface area contributed by atoms with Gasteiger partial charge in [-0.15, -0.1) is 0 Å². The second kappa shape index (κ2) is 7.31. The highest BCUT2D eigenvalue weighted by Gasteiger charge is 2.24.